The number of hydrogen-bond acceptors (Lipinski definition) is 2. The summed E-state index contributed by atoms with van der Waals surface area (Å²) in [5.41, 5.74) is 4.19. The largest absolute Gasteiger partial charge is 1.00 e. The van der Waals surface area contributed by atoms with E-state index in [4.69, 9.17) is 0 Å². The smallest absolute Gasteiger partial charge is 0.0177 e. The van der Waals surface area contributed by atoms with Crippen molar-refractivity contribution < 1.29 is 55.8 Å². The van der Waals surface area contributed by atoms with Gasteiger partial charge in [0.05, 0.1) is 0 Å². The fraction of sp³-hybridized carbons (Fsp3) is 0.100. The standard InChI is InChI=1S/2C10H9N2.3ClH.V/c2*1-2-7-12-8-11-9-5-3-4-6-10(9)12;;;;/h2*2-6H,1,7H2;3*1H;/q2*-1;;;;/p-3. The molecular formula is C20H18Cl3N4V-5. The van der Waals surface area contributed by atoms with Crippen molar-refractivity contribution in [2.45, 2.75) is 13.1 Å². The molecular weight excluding hydrogens is 454 g/mol. The number of imidazole rings is 2. The van der Waals surface area contributed by atoms with Crippen LogP contribution in [0.4, 0.5) is 0 Å². The normalized spacial score (nSPS) is 8.86. The molecule has 2 heterocycles. The zero-order valence-corrected chi connectivity index (χ0v) is 18.6. The molecule has 0 amide bonds. The molecule has 0 aliphatic rings. The van der Waals surface area contributed by atoms with Crippen LogP contribution in [0.25, 0.3) is 22.1 Å². The summed E-state index contributed by atoms with van der Waals surface area (Å²) < 4.78 is 3.89. The summed E-state index contributed by atoms with van der Waals surface area (Å²) in [5, 5.41) is 0. The monoisotopic (exact) mass is 470 g/mol. The second-order valence-electron chi connectivity index (χ2n) is 5.20. The van der Waals surface area contributed by atoms with Crippen molar-refractivity contribution in [2.24, 2.45) is 0 Å². The van der Waals surface area contributed by atoms with Crippen molar-refractivity contribution >= 4 is 22.1 Å². The SMILES string of the molecule is C=CCn1[c-]nc2ccccc21.C=CCn1[c-]nc2ccccc21.[Cl-].[Cl-].[Cl-].[V]. The third-order valence-electron chi connectivity index (χ3n) is 3.55. The van der Waals surface area contributed by atoms with E-state index in [2.05, 4.69) is 35.8 Å². The summed E-state index contributed by atoms with van der Waals surface area (Å²) in [5.74, 6) is 0. The van der Waals surface area contributed by atoms with Gasteiger partial charge in [0.15, 0.2) is 0 Å². The van der Waals surface area contributed by atoms with Crippen molar-refractivity contribution in [1.29, 1.82) is 0 Å². The molecule has 0 saturated heterocycles. The molecule has 4 rings (SSSR count). The summed E-state index contributed by atoms with van der Waals surface area (Å²) in [6.07, 6.45) is 9.50. The fourth-order valence-corrected chi connectivity index (χ4v) is 2.45. The molecule has 0 spiro atoms. The van der Waals surface area contributed by atoms with Crippen LogP contribution in [0.3, 0.4) is 0 Å². The summed E-state index contributed by atoms with van der Waals surface area (Å²) in [4.78, 5) is 8.25. The third-order valence-corrected chi connectivity index (χ3v) is 3.55. The first kappa shape index (κ1) is 28.5. The molecule has 0 atom stereocenters. The van der Waals surface area contributed by atoms with Gasteiger partial charge >= 0.3 is 0 Å². The van der Waals surface area contributed by atoms with Crippen molar-refractivity contribution in [2.75, 3.05) is 0 Å². The van der Waals surface area contributed by atoms with Crippen LogP contribution in [0, 0.1) is 12.7 Å². The van der Waals surface area contributed by atoms with Gasteiger partial charge in [0.2, 0.25) is 0 Å². The van der Waals surface area contributed by atoms with Gasteiger partial charge in [0.25, 0.3) is 0 Å². The Bertz CT molecular complexity index is 902. The molecule has 1 radical (unpaired) electrons. The second kappa shape index (κ2) is 14.3. The molecule has 0 bridgehead atoms. The van der Waals surface area contributed by atoms with Gasteiger partial charge in [-0.1, -0.05) is 58.5 Å². The van der Waals surface area contributed by atoms with E-state index in [0.29, 0.717) is 0 Å². The van der Waals surface area contributed by atoms with Crippen LogP contribution < -0.4 is 37.2 Å². The van der Waals surface area contributed by atoms with Gasteiger partial charge in [-0.2, -0.15) is 0 Å². The Morgan fingerprint density at radius 3 is 1.43 bits per heavy atom. The van der Waals surface area contributed by atoms with Crippen LogP contribution in [0.15, 0.2) is 73.8 Å². The minimum Gasteiger partial charge on any atom is -1.00 e. The van der Waals surface area contributed by atoms with E-state index in [1.165, 1.54) is 0 Å². The van der Waals surface area contributed by atoms with E-state index in [1.54, 1.807) is 0 Å². The van der Waals surface area contributed by atoms with Crippen LogP contribution >= 0.6 is 0 Å². The number of allylic oxidation sites excluding steroid dienone is 2. The zero-order chi connectivity index (χ0) is 16.8. The topological polar surface area (TPSA) is 35.6 Å². The van der Waals surface area contributed by atoms with Gasteiger partial charge in [-0.3, -0.25) is 0 Å². The molecule has 0 saturated carbocycles. The maximum Gasteiger partial charge on any atom is 0.0177 e. The van der Waals surface area contributed by atoms with Crippen LogP contribution in [0.5, 0.6) is 0 Å². The minimum absolute atomic E-state index is 0. The Morgan fingerprint density at radius 1 is 0.714 bits per heavy atom. The molecule has 0 aliphatic heterocycles. The number of hydrogen-bond donors (Lipinski definition) is 0. The average molecular weight is 472 g/mol. The molecule has 2 aromatic carbocycles. The Balaban J connectivity index is 0. The van der Waals surface area contributed by atoms with Crippen LogP contribution in [-0.4, -0.2) is 19.1 Å². The Hall–Kier alpha value is -1.69. The first-order valence-corrected chi connectivity index (χ1v) is 7.71. The first-order valence-electron chi connectivity index (χ1n) is 7.71. The molecule has 4 aromatic rings. The van der Waals surface area contributed by atoms with Crippen molar-refractivity contribution in [3.05, 3.63) is 86.5 Å². The van der Waals surface area contributed by atoms with Crippen LogP contribution in [-0.2, 0) is 31.6 Å². The Kier molecular flexibility index (Phi) is 14.6. The quantitative estimate of drug-likeness (QED) is 0.221. The molecule has 8 heteroatoms. The van der Waals surface area contributed by atoms with E-state index in [9.17, 15) is 0 Å². The number of benzene rings is 2. The van der Waals surface area contributed by atoms with E-state index in [-0.39, 0.29) is 55.8 Å². The number of nitrogens with zero attached hydrogens (tertiary/aromatic N) is 4. The van der Waals surface area contributed by atoms with Crippen molar-refractivity contribution in [1.82, 2.24) is 19.1 Å². The summed E-state index contributed by atoms with van der Waals surface area (Å²) in [6.45, 7) is 8.88. The van der Waals surface area contributed by atoms with Gasteiger partial charge in [0, 0.05) is 44.3 Å². The van der Waals surface area contributed by atoms with Gasteiger partial charge in [0.1, 0.15) is 0 Å². The molecule has 0 fully saturated rings. The summed E-state index contributed by atoms with van der Waals surface area (Å²) in [6, 6.07) is 16.0. The number of halogens is 3. The summed E-state index contributed by atoms with van der Waals surface area (Å²) >= 11 is 0. The Labute approximate surface area is 195 Å². The average Bonchev–Trinajstić information content (AvgIpc) is 3.22. The minimum atomic E-state index is 0. The molecule has 4 nitrogen and oxygen atoms in total. The number of fused-ring (bicyclic) bond motifs is 2. The molecule has 28 heavy (non-hydrogen) atoms. The van der Waals surface area contributed by atoms with E-state index in [1.807, 2.05) is 69.8 Å². The van der Waals surface area contributed by atoms with Gasteiger partial charge in [-0.25, -0.2) is 0 Å². The maximum atomic E-state index is 4.13. The molecule has 0 N–H and O–H groups in total. The second-order valence-corrected chi connectivity index (χ2v) is 5.20. The Morgan fingerprint density at radius 2 is 1.07 bits per heavy atom. The third kappa shape index (κ3) is 6.73. The number of rotatable bonds is 4. The van der Waals surface area contributed by atoms with Gasteiger partial charge < -0.3 is 56.3 Å². The van der Waals surface area contributed by atoms with Crippen molar-refractivity contribution in [3.8, 4) is 0 Å². The van der Waals surface area contributed by atoms with Gasteiger partial charge in [-0.05, 0) is 0 Å². The van der Waals surface area contributed by atoms with Crippen molar-refractivity contribution in [3.63, 3.8) is 0 Å². The number of para-hydroxylation sites is 4. The van der Waals surface area contributed by atoms with Crippen LogP contribution in [0.1, 0.15) is 0 Å². The number of aromatic nitrogens is 4. The first-order chi connectivity index (χ1) is 11.8. The maximum absolute atomic E-state index is 4.13. The predicted molar refractivity (Wildman–Crippen MR) is 97.5 cm³/mol. The fourth-order valence-electron chi connectivity index (χ4n) is 2.45. The van der Waals surface area contributed by atoms with Gasteiger partial charge in [-0.15, -0.1) is 37.4 Å². The summed E-state index contributed by atoms with van der Waals surface area (Å²) in [7, 11) is 0. The van der Waals surface area contributed by atoms with Crippen LogP contribution in [0.2, 0.25) is 0 Å². The van der Waals surface area contributed by atoms with E-state index >= 15 is 0 Å². The molecule has 149 valence electrons. The molecule has 0 aliphatic carbocycles. The predicted octanol–water partition coefficient (Wildman–Crippen LogP) is -4.95. The molecule has 0 unspecified atom stereocenters. The zero-order valence-electron chi connectivity index (χ0n) is 15.0. The molecule has 2 aromatic heterocycles. The van der Waals surface area contributed by atoms with E-state index < -0.39 is 0 Å². The van der Waals surface area contributed by atoms with E-state index in [0.717, 1.165) is 35.2 Å².